The number of aromatic nitrogens is 3. The second-order valence-corrected chi connectivity index (χ2v) is 3.62. The Morgan fingerprint density at radius 1 is 1.38 bits per heavy atom. The van der Waals surface area contributed by atoms with Crippen molar-refractivity contribution in [2.75, 3.05) is 6.61 Å². The Balaban J connectivity index is 2.12. The van der Waals surface area contributed by atoms with E-state index in [-0.39, 0.29) is 0 Å². The standard InChI is InChI=1S/C12H15N3O/c1-3-16-12-6-4-5-11(14-12)9-15-8-10(2)7-13-15/h4-8H,3,9H2,1-2H3. The Morgan fingerprint density at radius 2 is 2.25 bits per heavy atom. The van der Waals surface area contributed by atoms with Gasteiger partial charge in [-0.05, 0) is 25.5 Å². The largest absolute Gasteiger partial charge is 0.478 e. The summed E-state index contributed by atoms with van der Waals surface area (Å²) in [5, 5.41) is 4.22. The maximum atomic E-state index is 5.35. The van der Waals surface area contributed by atoms with Crippen LogP contribution in [-0.2, 0) is 6.54 Å². The Hall–Kier alpha value is -1.84. The van der Waals surface area contributed by atoms with E-state index in [0.29, 0.717) is 19.0 Å². The molecule has 0 amide bonds. The molecule has 0 radical (unpaired) electrons. The van der Waals surface area contributed by atoms with Gasteiger partial charge in [0.05, 0.1) is 25.0 Å². The summed E-state index contributed by atoms with van der Waals surface area (Å²) in [6.07, 6.45) is 3.83. The molecule has 0 aliphatic heterocycles. The summed E-state index contributed by atoms with van der Waals surface area (Å²) in [5.74, 6) is 0.670. The molecule has 2 heterocycles. The van der Waals surface area contributed by atoms with Crippen LogP contribution in [0.5, 0.6) is 5.88 Å². The minimum absolute atomic E-state index is 0.636. The molecule has 0 saturated carbocycles. The zero-order chi connectivity index (χ0) is 11.4. The van der Waals surface area contributed by atoms with Gasteiger partial charge in [-0.3, -0.25) is 4.68 Å². The molecule has 4 heteroatoms. The highest BCUT2D eigenvalue weighted by atomic mass is 16.5. The lowest BCUT2D eigenvalue weighted by Crippen LogP contribution is -2.03. The van der Waals surface area contributed by atoms with E-state index in [1.807, 2.05) is 49.1 Å². The van der Waals surface area contributed by atoms with E-state index in [4.69, 9.17) is 4.74 Å². The molecule has 4 nitrogen and oxygen atoms in total. The highest BCUT2D eigenvalue weighted by molar-refractivity contribution is 5.16. The van der Waals surface area contributed by atoms with E-state index in [2.05, 4.69) is 10.1 Å². The highest BCUT2D eigenvalue weighted by Crippen LogP contribution is 2.08. The van der Waals surface area contributed by atoms with Crippen LogP contribution in [0.2, 0.25) is 0 Å². The maximum absolute atomic E-state index is 5.35. The zero-order valence-electron chi connectivity index (χ0n) is 9.55. The Labute approximate surface area is 94.9 Å². The smallest absolute Gasteiger partial charge is 0.213 e. The summed E-state index contributed by atoms with van der Waals surface area (Å²) < 4.78 is 7.22. The molecule has 2 aromatic rings. The van der Waals surface area contributed by atoms with Gasteiger partial charge in [-0.2, -0.15) is 5.10 Å². The Morgan fingerprint density at radius 3 is 2.94 bits per heavy atom. The van der Waals surface area contributed by atoms with Crippen molar-refractivity contribution >= 4 is 0 Å². The lowest BCUT2D eigenvalue weighted by atomic mass is 10.3. The molecule has 0 aliphatic carbocycles. The van der Waals surface area contributed by atoms with Gasteiger partial charge in [0, 0.05) is 12.3 Å². The van der Waals surface area contributed by atoms with Crippen molar-refractivity contribution in [3.05, 3.63) is 41.9 Å². The number of nitrogens with zero attached hydrogens (tertiary/aromatic N) is 3. The highest BCUT2D eigenvalue weighted by Gasteiger charge is 2.00. The first-order valence-corrected chi connectivity index (χ1v) is 5.35. The van der Waals surface area contributed by atoms with E-state index in [1.54, 1.807) is 0 Å². The van der Waals surface area contributed by atoms with Crippen molar-refractivity contribution in [3.63, 3.8) is 0 Å². The molecule has 0 saturated heterocycles. The van der Waals surface area contributed by atoms with E-state index in [0.717, 1.165) is 11.3 Å². The summed E-state index contributed by atoms with van der Waals surface area (Å²) in [5.41, 5.74) is 2.11. The predicted octanol–water partition coefficient (Wildman–Crippen LogP) is 2.03. The summed E-state index contributed by atoms with van der Waals surface area (Å²) in [7, 11) is 0. The molecule has 0 bridgehead atoms. The second-order valence-electron chi connectivity index (χ2n) is 3.62. The average molecular weight is 217 g/mol. The van der Waals surface area contributed by atoms with Crippen LogP contribution in [0.25, 0.3) is 0 Å². The third-order valence-electron chi connectivity index (χ3n) is 2.16. The predicted molar refractivity (Wildman–Crippen MR) is 61.5 cm³/mol. The van der Waals surface area contributed by atoms with Crippen LogP contribution < -0.4 is 4.74 Å². The lowest BCUT2D eigenvalue weighted by molar-refractivity contribution is 0.325. The van der Waals surface area contributed by atoms with E-state index < -0.39 is 0 Å². The number of hydrogen-bond donors (Lipinski definition) is 0. The summed E-state index contributed by atoms with van der Waals surface area (Å²) >= 11 is 0. The van der Waals surface area contributed by atoms with Crippen LogP contribution >= 0.6 is 0 Å². The topological polar surface area (TPSA) is 39.9 Å². The van der Waals surface area contributed by atoms with Crippen LogP contribution in [0.3, 0.4) is 0 Å². The normalized spacial score (nSPS) is 10.4. The van der Waals surface area contributed by atoms with Crippen molar-refractivity contribution in [1.82, 2.24) is 14.8 Å². The molecule has 0 atom stereocenters. The van der Waals surface area contributed by atoms with Gasteiger partial charge in [0.1, 0.15) is 0 Å². The van der Waals surface area contributed by atoms with Gasteiger partial charge in [0.25, 0.3) is 0 Å². The molecule has 0 N–H and O–H groups in total. The van der Waals surface area contributed by atoms with Crippen LogP contribution in [0, 0.1) is 6.92 Å². The molecular formula is C12H15N3O. The first kappa shape index (κ1) is 10.7. The Bertz CT molecular complexity index is 465. The molecule has 0 aromatic carbocycles. The van der Waals surface area contributed by atoms with Gasteiger partial charge in [0.15, 0.2) is 0 Å². The van der Waals surface area contributed by atoms with Crippen LogP contribution in [0.1, 0.15) is 18.2 Å². The number of rotatable bonds is 4. The first-order chi connectivity index (χ1) is 7.78. The first-order valence-electron chi connectivity index (χ1n) is 5.35. The third kappa shape index (κ3) is 2.59. The third-order valence-corrected chi connectivity index (χ3v) is 2.16. The lowest BCUT2D eigenvalue weighted by Gasteiger charge is -2.04. The van der Waals surface area contributed by atoms with Gasteiger partial charge in [-0.25, -0.2) is 4.98 Å². The number of ether oxygens (including phenoxy) is 1. The van der Waals surface area contributed by atoms with Gasteiger partial charge < -0.3 is 4.74 Å². The molecule has 2 rings (SSSR count). The summed E-state index contributed by atoms with van der Waals surface area (Å²) in [6.45, 7) is 5.28. The number of pyridine rings is 1. The SMILES string of the molecule is CCOc1cccc(Cn2cc(C)cn2)n1. The quantitative estimate of drug-likeness (QED) is 0.786. The Kier molecular flexibility index (Phi) is 3.19. The fourth-order valence-corrected chi connectivity index (χ4v) is 1.49. The van der Waals surface area contributed by atoms with Gasteiger partial charge >= 0.3 is 0 Å². The minimum Gasteiger partial charge on any atom is -0.478 e. The summed E-state index contributed by atoms with van der Waals surface area (Å²) in [4.78, 5) is 4.38. The zero-order valence-corrected chi connectivity index (χ0v) is 9.55. The maximum Gasteiger partial charge on any atom is 0.213 e. The van der Waals surface area contributed by atoms with Crippen molar-refractivity contribution in [3.8, 4) is 5.88 Å². The van der Waals surface area contributed by atoms with Crippen LogP contribution in [0.15, 0.2) is 30.6 Å². The minimum atomic E-state index is 0.636. The molecular weight excluding hydrogens is 202 g/mol. The molecule has 2 aromatic heterocycles. The summed E-state index contributed by atoms with van der Waals surface area (Å²) in [6, 6.07) is 5.78. The fraction of sp³-hybridized carbons (Fsp3) is 0.333. The molecule has 84 valence electrons. The number of aryl methyl sites for hydroxylation is 1. The molecule has 0 spiro atoms. The second kappa shape index (κ2) is 4.79. The number of hydrogen-bond acceptors (Lipinski definition) is 3. The van der Waals surface area contributed by atoms with Gasteiger partial charge in [0.2, 0.25) is 5.88 Å². The van der Waals surface area contributed by atoms with Crippen molar-refractivity contribution < 1.29 is 4.74 Å². The van der Waals surface area contributed by atoms with Gasteiger partial charge in [-0.15, -0.1) is 0 Å². The van der Waals surface area contributed by atoms with Crippen LogP contribution in [-0.4, -0.2) is 21.4 Å². The monoisotopic (exact) mass is 217 g/mol. The molecule has 16 heavy (non-hydrogen) atoms. The van der Waals surface area contributed by atoms with Gasteiger partial charge in [-0.1, -0.05) is 6.07 Å². The molecule has 0 unspecified atom stereocenters. The van der Waals surface area contributed by atoms with E-state index >= 15 is 0 Å². The molecule has 0 fully saturated rings. The van der Waals surface area contributed by atoms with Crippen LogP contribution in [0.4, 0.5) is 0 Å². The van der Waals surface area contributed by atoms with Crippen molar-refractivity contribution in [2.24, 2.45) is 0 Å². The van der Waals surface area contributed by atoms with Crippen molar-refractivity contribution in [2.45, 2.75) is 20.4 Å². The van der Waals surface area contributed by atoms with E-state index in [1.165, 1.54) is 0 Å². The average Bonchev–Trinajstić information content (AvgIpc) is 2.65. The van der Waals surface area contributed by atoms with E-state index in [9.17, 15) is 0 Å². The van der Waals surface area contributed by atoms with Crippen molar-refractivity contribution in [1.29, 1.82) is 0 Å². The molecule has 0 aliphatic rings. The fourth-order valence-electron chi connectivity index (χ4n) is 1.49.